The molecule has 1 aliphatic rings. The number of nitro benzene ring substituents is 1. The van der Waals surface area contributed by atoms with Crippen LogP contribution in [0.25, 0.3) is 0 Å². The van der Waals surface area contributed by atoms with E-state index in [-0.39, 0.29) is 11.6 Å². The molecule has 118 valence electrons. The lowest BCUT2D eigenvalue weighted by Gasteiger charge is -2.29. The number of carbonyl (C=O) groups excluding carboxylic acids is 1. The molecular formula is C17H16N2O4. The smallest absolute Gasteiger partial charge is 0.269 e. The summed E-state index contributed by atoms with van der Waals surface area (Å²) < 4.78 is 5.88. The van der Waals surface area contributed by atoms with Crippen LogP contribution in [0.1, 0.15) is 18.1 Å². The lowest BCUT2D eigenvalue weighted by molar-refractivity contribution is -0.384. The number of carbonyl (C=O) groups is 1. The molecular weight excluding hydrogens is 296 g/mol. The molecule has 1 amide bonds. The molecule has 0 aliphatic carbocycles. The van der Waals surface area contributed by atoms with Crippen LogP contribution >= 0.6 is 0 Å². The highest BCUT2D eigenvalue weighted by atomic mass is 16.6. The highest BCUT2D eigenvalue weighted by Crippen LogP contribution is 2.32. The van der Waals surface area contributed by atoms with Gasteiger partial charge in [0, 0.05) is 37.7 Å². The number of ether oxygens (including phenoxy) is 1. The van der Waals surface area contributed by atoms with Gasteiger partial charge in [-0.2, -0.15) is 0 Å². The number of nitro groups is 1. The van der Waals surface area contributed by atoms with Crippen molar-refractivity contribution in [3.8, 4) is 11.5 Å². The van der Waals surface area contributed by atoms with E-state index in [0.717, 1.165) is 23.3 Å². The zero-order valence-electron chi connectivity index (χ0n) is 12.7. The van der Waals surface area contributed by atoms with Crippen LogP contribution in [-0.4, -0.2) is 22.3 Å². The summed E-state index contributed by atoms with van der Waals surface area (Å²) in [7, 11) is 0. The minimum absolute atomic E-state index is 0.0320. The highest BCUT2D eigenvalue weighted by Gasteiger charge is 2.21. The van der Waals surface area contributed by atoms with Crippen LogP contribution in [0.4, 0.5) is 5.69 Å². The lowest BCUT2D eigenvalue weighted by Crippen LogP contribution is -2.34. The van der Waals surface area contributed by atoms with Crippen LogP contribution in [0.2, 0.25) is 0 Å². The fraction of sp³-hybridized carbons (Fsp3) is 0.235. The molecule has 0 spiro atoms. The van der Waals surface area contributed by atoms with E-state index in [1.54, 1.807) is 24.0 Å². The largest absolute Gasteiger partial charge is 0.457 e. The quantitative estimate of drug-likeness (QED) is 0.644. The summed E-state index contributed by atoms with van der Waals surface area (Å²) in [4.78, 5) is 23.6. The van der Waals surface area contributed by atoms with E-state index in [4.69, 9.17) is 4.74 Å². The predicted octanol–water partition coefficient (Wildman–Crippen LogP) is 3.29. The Kier molecular flexibility index (Phi) is 3.97. The van der Waals surface area contributed by atoms with Crippen LogP contribution in [0.3, 0.4) is 0 Å². The molecule has 23 heavy (non-hydrogen) atoms. The summed E-state index contributed by atoms with van der Waals surface area (Å²) in [5, 5.41) is 10.7. The summed E-state index contributed by atoms with van der Waals surface area (Å²) >= 11 is 0. The Morgan fingerprint density at radius 1 is 1.22 bits per heavy atom. The molecule has 6 heteroatoms. The minimum atomic E-state index is -0.440. The monoisotopic (exact) mass is 312 g/mol. The third-order valence-corrected chi connectivity index (χ3v) is 3.94. The molecule has 0 atom stereocenters. The number of nitrogens with zero attached hydrogens (tertiary/aromatic N) is 2. The molecule has 0 saturated heterocycles. The topological polar surface area (TPSA) is 72.7 Å². The number of benzene rings is 2. The van der Waals surface area contributed by atoms with E-state index < -0.39 is 4.92 Å². The minimum Gasteiger partial charge on any atom is -0.457 e. The van der Waals surface area contributed by atoms with Crippen molar-refractivity contribution >= 4 is 11.6 Å². The zero-order chi connectivity index (χ0) is 16.4. The van der Waals surface area contributed by atoms with Gasteiger partial charge in [-0.3, -0.25) is 14.9 Å². The van der Waals surface area contributed by atoms with Gasteiger partial charge in [-0.15, -0.1) is 0 Å². The van der Waals surface area contributed by atoms with Crippen LogP contribution in [-0.2, 0) is 17.8 Å². The third kappa shape index (κ3) is 3.15. The normalized spacial score (nSPS) is 13.3. The summed E-state index contributed by atoms with van der Waals surface area (Å²) in [6, 6.07) is 11.8. The number of amides is 1. The summed E-state index contributed by atoms with van der Waals surface area (Å²) in [6.07, 6.45) is 0.734. The first-order valence-corrected chi connectivity index (χ1v) is 7.33. The van der Waals surface area contributed by atoms with Gasteiger partial charge in [0.15, 0.2) is 0 Å². The van der Waals surface area contributed by atoms with Crippen molar-refractivity contribution in [2.75, 3.05) is 6.54 Å². The first kappa shape index (κ1) is 15.0. The Labute approximate surface area is 133 Å². The number of non-ortho nitro benzene ring substituents is 1. The number of hydrogen-bond donors (Lipinski definition) is 0. The average Bonchev–Trinajstić information content (AvgIpc) is 2.55. The first-order valence-electron chi connectivity index (χ1n) is 7.33. The van der Waals surface area contributed by atoms with Crippen LogP contribution in [0, 0.1) is 10.1 Å². The van der Waals surface area contributed by atoms with E-state index in [9.17, 15) is 14.9 Å². The van der Waals surface area contributed by atoms with E-state index in [1.165, 1.54) is 12.1 Å². The molecule has 0 N–H and O–H groups in total. The van der Waals surface area contributed by atoms with Gasteiger partial charge in [0.2, 0.25) is 5.91 Å². The molecule has 3 rings (SSSR count). The predicted molar refractivity (Wildman–Crippen MR) is 84.4 cm³/mol. The molecule has 6 nitrogen and oxygen atoms in total. The van der Waals surface area contributed by atoms with Gasteiger partial charge in [-0.25, -0.2) is 0 Å². The molecule has 0 bridgehead atoms. The van der Waals surface area contributed by atoms with Crippen molar-refractivity contribution in [1.29, 1.82) is 0 Å². The van der Waals surface area contributed by atoms with E-state index in [0.29, 0.717) is 18.8 Å². The fourth-order valence-corrected chi connectivity index (χ4v) is 2.70. The molecule has 0 radical (unpaired) electrons. The van der Waals surface area contributed by atoms with Crippen LogP contribution in [0.5, 0.6) is 11.5 Å². The van der Waals surface area contributed by atoms with Crippen molar-refractivity contribution < 1.29 is 14.5 Å². The van der Waals surface area contributed by atoms with Crippen LogP contribution < -0.4 is 4.74 Å². The van der Waals surface area contributed by atoms with Gasteiger partial charge in [-0.05, 0) is 30.2 Å². The Hall–Kier alpha value is -2.89. The Balaban J connectivity index is 1.83. The summed E-state index contributed by atoms with van der Waals surface area (Å²) in [6.45, 7) is 2.83. The zero-order valence-corrected chi connectivity index (χ0v) is 12.7. The van der Waals surface area contributed by atoms with Crippen molar-refractivity contribution in [3.05, 3.63) is 63.7 Å². The second kappa shape index (κ2) is 6.08. The van der Waals surface area contributed by atoms with Gasteiger partial charge in [0.05, 0.1) is 4.92 Å². The highest BCUT2D eigenvalue weighted by molar-refractivity contribution is 5.73. The fourth-order valence-electron chi connectivity index (χ4n) is 2.70. The molecule has 1 heterocycles. The summed E-state index contributed by atoms with van der Waals surface area (Å²) in [5.74, 6) is 1.36. The van der Waals surface area contributed by atoms with Gasteiger partial charge >= 0.3 is 0 Å². The molecule has 0 saturated carbocycles. The Bertz CT molecular complexity index is 756. The number of rotatable bonds is 3. The summed E-state index contributed by atoms with van der Waals surface area (Å²) in [5.41, 5.74) is 2.19. The van der Waals surface area contributed by atoms with E-state index >= 15 is 0 Å². The van der Waals surface area contributed by atoms with Gasteiger partial charge < -0.3 is 9.64 Å². The van der Waals surface area contributed by atoms with Crippen molar-refractivity contribution in [2.45, 2.75) is 19.9 Å². The molecule has 0 unspecified atom stereocenters. The molecule has 2 aromatic rings. The maximum atomic E-state index is 11.5. The molecule has 0 fully saturated rings. The second-order valence-corrected chi connectivity index (χ2v) is 5.44. The van der Waals surface area contributed by atoms with Gasteiger partial charge in [0.25, 0.3) is 5.69 Å². The van der Waals surface area contributed by atoms with E-state index in [1.807, 2.05) is 18.2 Å². The third-order valence-electron chi connectivity index (χ3n) is 3.94. The first-order chi connectivity index (χ1) is 11.0. The molecule has 1 aliphatic heterocycles. The maximum Gasteiger partial charge on any atom is 0.269 e. The molecule has 2 aromatic carbocycles. The average molecular weight is 312 g/mol. The molecule has 0 aromatic heterocycles. The lowest BCUT2D eigenvalue weighted by atomic mass is 9.98. The Morgan fingerprint density at radius 3 is 2.61 bits per heavy atom. The van der Waals surface area contributed by atoms with Crippen molar-refractivity contribution in [3.63, 3.8) is 0 Å². The van der Waals surface area contributed by atoms with Gasteiger partial charge in [-0.1, -0.05) is 12.1 Å². The SMILES string of the molecule is CC(=O)N1CCc2c(cccc2Oc2ccc([N+](=O)[O-])cc2)C1. The van der Waals surface area contributed by atoms with Crippen LogP contribution in [0.15, 0.2) is 42.5 Å². The number of hydrogen-bond acceptors (Lipinski definition) is 4. The maximum absolute atomic E-state index is 11.5. The Morgan fingerprint density at radius 2 is 1.96 bits per heavy atom. The van der Waals surface area contributed by atoms with Gasteiger partial charge in [0.1, 0.15) is 11.5 Å². The van der Waals surface area contributed by atoms with E-state index in [2.05, 4.69) is 0 Å². The van der Waals surface area contributed by atoms with Crippen molar-refractivity contribution in [1.82, 2.24) is 4.90 Å². The second-order valence-electron chi connectivity index (χ2n) is 5.44. The number of fused-ring (bicyclic) bond motifs is 1. The standard InChI is InChI=1S/C17H16N2O4/c1-12(20)18-10-9-16-13(11-18)3-2-4-17(16)23-15-7-5-14(6-8-15)19(21)22/h2-8H,9-11H2,1H3. The van der Waals surface area contributed by atoms with Crippen molar-refractivity contribution in [2.24, 2.45) is 0 Å².